The third-order valence-corrected chi connectivity index (χ3v) is 7.08. The van der Waals surface area contributed by atoms with Crippen LogP contribution in [0.1, 0.15) is 31.9 Å². The number of likely N-dealkylation sites (tertiary alicyclic amines) is 1. The number of nitrogens with one attached hydrogen (secondary N) is 2. The molecule has 2 saturated heterocycles. The molecule has 4 unspecified atom stereocenters. The molecule has 3 aliphatic rings. The van der Waals surface area contributed by atoms with E-state index in [0.29, 0.717) is 22.7 Å². The lowest BCUT2D eigenvalue weighted by Gasteiger charge is -2.34. The second-order valence-electron chi connectivity index (χ2n) is 9.73. The van der Waals surface area contributed by atoms with E-state index >= 15 is 0 Å². The molecule has 0 radical (unpaired) electrons. The Kier molecular flexibility index (Phi) is 4.45. The SMILES string of the molecule is CC(C)(C)N1C(=O)C2C(Cc3ccc(O)cc3)NC3(C(=O)Nc4c(Cl)cccc43)C2C1=O. The summed E-state index contributed by atoms with van der Waals surface area (Å²) in [5.74, 6) is -2.43. The van der Waals surface area contributed by atoms with Crippen LogP contribution in [0, 0.1) is 11.8 Å². The van der Waals surface area contributed by atoms with Crippen molar-refractivity contribution < 1.29 is 19.5 Å². The van der Waals surface area contributed by atoms with Crippen molar-refractivity contribution in [2.45, 2.75) is 44.3 Å². The van der Waals surface area contributed by atoms with Crippen molar-refractivity contribution in [3.8, 4) is 5.75 Å². The number of hydrogen-bond acceptors (Lipinski definition) is 5. The van der Waals surface area contributed by atoms with Gasteiger partial charge in [0, 0.05) is 17.1 Å². The highest BCUT2D eigenvalue weighted by molar-refractivity contribution is 6.35. The Morgan fingerprint density at radius 3 is 2.41 bits per heavy atom. The molecule has 2 fully saturated rings. The molecule has 0 aliphatic carbocycles. The van der Waals surface area contributed by atoms with E-state index in [2.05, 4.69) is 10.6 Å². The molecule has 166 valence electrons. The van der Waals surface area contributed by atoms with Gasteiger partial charge in [0.15, 0.2) is 0 Å². The maximum atomic E-state index is 13.7. The lowest BCUT2D eigenvalue weighted by Crippen LogP contribution is -2.56. The quantitative estimate of drug-likeness (QED) is 0.607. The van der Waals surface area contributed by atoms with Crippen LogP contribution in [0.4, 0.5) is 5.69 Å². The van der Waals surface area contributed by atoms with E-state index in [-0.39, 0.29) is 23.5 Å². The largest absolute Gasteiger partial charge is 0.508 e. The van der Waals surface area contributed by atoms with E-state index in [0.717, 1.165) is 5.56 Å². The van der Waals surface area contributed by atoms with Crippen molar-refractivity contribution in [3.63, 3.8) is 0 Å². The zero-order chi connectivity index (χ0) is 23.0. The smallest absolute Gasteiger partial charge is 0.250 e. The zero-order valence-electron chi connectivity index (χ0n) is 18.0. The van der Waals surface area contributed by atoms with Gasteiger partial charge in [0.05, 0.1) is 22.5 Å². The number of carbonyl (C=O) groups is 3. The van der Waals surface area contributed by atoms with Crippen LogP contribution < -0.4 is 10.6 Å². The van der Waals surface area contributed by atoms with E-state index in [4.69, 9.17) is 11.6 Å². The Balaban J connectivity index is 1.66. The number of imide groups is 1. The molecular weight excluding hydrogens is 430 g/mol. The second-order valence-corrected chi connectivity index (χ2v) is 10.1. The van der Waals surface area contributed by atoms with Gasteiger partial charge in [-0.1, -0.05) is 35.9 Å². The van der Waals surface area contributed by atoms with Crippen molar-refractivity contribution in [2.24, 2.45) is 11.8 Å². The summed E-state index contributed by atoms with van der Waals surface area (Å²) in [6.45, 7) is 5.45. The van der Waals surface area contributed by atoms with Crippen LogP contribution in [0.2, 0.25) is 5.02 Å². The van der Waals surface area contributed by atoms with Gasteiger partial charge >= 0.3 is 0 Å². The molecule has 2 aromatic carbocycles. The van der Waals surface area contributed by atoms with E-state index in [1.807, 2.05) is 20.8 Å². The Hall–Kier alpha value is -2.90. The van der Waals surface area contributed by atoms with Crippen molar-refractivity contribution in [1.82, 2.24) is 10.2 Å². The zero-order valence-corrected chi connectivity index (χ0v) is 18.7. The Bertz CT molecular complexity index is 1160. The highest BCUT2D eigenvalue weighted by atomic mass is 35.5. The lowest BCUT2D eigenvalue weighted by molar-refractivity contribution is -0.147. The van der Waals surface area contributed by atoms with Crippen molar-refractivity contribution in [1.29, 1.82) is 0 Å². The predicted molar refractivity (Wildman–Crippen MR) is 119 cm³/mol. The molecule has 5 rings (SSSR count). The first-order valence-electron chi connectivity index (χ1n) is 10.6. The van der Waals surface area contributed by atoms with Crippen LogP contribution in [0.15, 0.2) is 42.5 Å². The summed E-state index contributed by atoms with van der Waals surface area (Å²) in [6, 6.07) is 11.5. The first-order valence-corrected chi connectivity index (χ1v) is 11.0. The molecular formula is C24H24ClN3O4. The summed E-state index contributed by atoms with van der Waals surface area (Å²) in [7, 11) is 0. The highest BCUT2D eigenvalue weighted by Crippen LogP contribution is 2.55. The second kappa shape index (κ2) is 6.80. The molecule has 2 aromatic rings. The summed E-state index contributed by atoms with van der Waals surface area (Å²) in [5, 5.41) is 16.2. The van der Waals surface area contributed by atoms with Gasteiger partial charge in [-0.15, -0.1) is 0 Å². The Labute approximate surface area is 190 Å². The topological polar surface area (TPSA) is 98.7 Å². The van der Waals surface area contributed by atoms with E-state index in [1.165, 1.54) is 4.90 Å². The highest BCUT2D eigenvalue weighted by Gasteiger charge is 2.71. The summed E-state index contributed by atoms with van der Waals surface area (Å²) >= 11 is 6.36. The molecule has 3 aliphatic heterocycles. The van der Waals surface area contributed by atoms with E-state index < -0.39 is 29.0 Å². The minimum Gasteiger partial charge on any atom is -0.508 e. The normalized spacial score (nSPS) is 28.9. The summed E-state index contributed by atoms with van der Waals surface area (Å²) in [6.07, 6.45) is 0.420. The van der Waals surface area contributed by atoms with Crippen LogP contribution in [0.3, 0.4) is 0 Å². The van der Waals surface area contributed by atoms with Crippen LogP contribution >= 0.6 is 11.6 Å². The van der Waals surface area contributed by atoms with Crippen molar-refractivity contribution in [2.75, 3.05) is 5.32 Å². The van der Waals surface area contributed by atoms with Gasteiger partial charge in [-0.05, 0) is 51.0 Å². The van der Waals surface area contributed by atoms with Crippen molar-refractivity contribution >= 4 is 35.0 Å². The number of benzene rings is 2. The number of phenolic OH excluding ortho intramolecular Hbond substituents is 1. The molecule has 7 nitrogen and oxygen atoms in total. The van der Waals surface area contributed by atoms with Gasteiger partial charge in [0.1, 0.15) is 11.3 Å². The molecule has 0 saturated carbocycles. The van der Waals surface area contributed by atoms with Gasteiger partial charge in [-0.2, -0.15) is 0 Å². The van der Waals surface area contributed by atoms with Crippen LogP contribution in [0.5, 0.6) is 5.75 Å². The fraction of sp³-hybridized carbons (Fsp3) is 0.375. The maximum Gasteiger partial charge on any atom is 0.250 e. The summed E-state index contributed by atoms with van der Waals surface area (Å²) < 4.78 is 0. The standard InChI is InChI=1S/C24H24ClN3O4/c1-23(2,3)28-20(30)17-16(11-12-7-9-13(29)10-8-12)27-24(18(17)21(28)31)14-5-4-6-15(25)19(14)26-22(24)32/h4-10,16-18,27,29H,11H2,1-3H3,(H,26,32). The minimum absolute atomic E-state index is 0.146. The summed E-state index contributed by atoms with van der Waals surface area (Å²) in [4.78, 5) is 42.1. The average molecular weight is 454 g/mol. The first-order chi connectivity index (χ1) is 15.1. The van der Waals surface area contributed by atoms with E-state index in [9.17, 15) is 19.5 Å². The lowest BCUT2D eigenvalue weighted by atomic mass is 9.76. The molecule has 3 N–H and O–H groups in total. The fourth-order valence-corrected chi connectivity index (χ4v) is 5.74. The molecule has 32 heavy (non-hydrogen) atoms. The molecule has 0 bridgehead atoms. The number of anilines is 1. The van der Waals surface area contributed by atoms with Crippen LogP contribution in [-0.4, -0.2) is 39.3 Å². The fourth-order valence-electron chi connectivity index (χ4n) is 5.52. The summed E-state index contributed by atoms with van der Waals surface area (Å²) in [5.41, 5.74) is -0.135. The predicted octanol–water partition coefficient (Wildman–Crippen LogP) is 2.81. The Morgan fingerprint density at radius 2 is 1.75 bits per heavy atom. The van der Waals surface area contributed by atoms with Gasteiger partial charge in [-0.3, -0.25) is 24.6 Å². The van der Waals surface area contributed by atoms with Gasteiger partial charge in [0.2, 0.25) is 17.7 Å². The number of aromatic hydroxyl groups is 1. The monoisotopic (exact) mass is 453 g/mol. The molecule has 3 amide bonds. The van der Waals surface area contributed by atoms with Crippen molar-refractivity contribution in [3.05, 3.63) is 58.6 Å². The molecule has 1 spiro atoms. The number of phenols is 1. The third-order valence-electron chi connectivity index (χ3n) is 6.76. The maximum absolute atomic E-state index is 13.7. The number of carbonyl (C=O) groups excluding carboxylic acids is 3. The number of fused-ring (bicyclic) bond motifs is 4. The number of rotatable bonds is 2. The minimum atomic E-state index is -1.38. The first kappa shape index (κ1) is 21.0. The number of amides is 3. The van der Waals surface area contributed by atoms with Gasteiger partial charge < -0.3 is 10.4 Å². The molecule has 4 atom stereocenters. The third kappa shape index (κ3) is 2.74. The van der Waals surface area contributed by atoms with Crippen LogP contribution in [-0.2, 0) is 26.3 Å². The number of halogens is 1. The van der Waals surface area contributed by atoms with Crippen LogP contribution in [0.25, 0.3) is 0 Å². The molecule has 3 heterocycles. The molecule has 0 aromatic heterocycles. The molecule has 8 heteroatoms. The Morgan fingerprint density at radius 1 is 1.06 bits per heavy atom. The van der Waals surface area contributed by atoms with E-state index in [1.54, 1.807) is 42.5 Å². The average Bonchev–Trinajstić information content (AvgIpc) is 3.29. The number of hydrogen-bond donors (Lipinski definition) is 3. The number of para-hydroxylation sites is 1. The number of nitrogens with zero attached hydrogens (tertiary/aromatic N) is 1. The van der Waals surface area contributed by atoms with Gasteiger partial charge in [0.25, 0.3) is 0 Å². The van der Waals surface area contributed by atoms with Gasteiger partial charge in [-0.25, -0.2) is 0 Å².